The molecule has 2 saturated heterocycles. The molecule has 1 saturated carbocycles. The van der Waals surface area contributed by atoms with Gasteiger partial charge in [-0.3, -0.25) is 9.80 Å². The second-order valence-corrected chi connectivity index (χ2v) is 7.77. The minimum atomic E-state index is 0.335. The zero-order valence-corrected chi connectivity index (χ0v) is 13.5. The Balaban J connectivity index is 1.62. The SMILES string of the molecule is CC(C)(CN1CCC[C@H]2CCCC[C@H]21)N1CCNCC1. The van der Waals surface area contributed by atoms with Gasteiger partial charge in [-0.1, -0.05) is 12.8 Å². The van der Waals surface area contributed by atoms with Crippen molar-refractivity contribution < 1.29 is 0 Å². The van der Waals surface area contributed by atoms with Crippen molar-refractivity contribution in [1.29, 1.82) is 0 Å². The van der Waals surface area contributed by atoms with Gasteiger partial charge in [0.25, 0.3) is 0 Å². The van der Waals surface area contributed by atoms with Gasteiger partial charge in [-0.05, 0) is 52.0 Å². The van der Waals surface area contributed by atoms with E-state index >= 15 is 0 Å². The van der Waals surface area contributed by atoms with Crippen molar-refractivity contribution in [3.63, 3.8) is 0 Å². The molecule has 2 atom stereocenters. The molecule has 2 heterocycles. The lowest BCUT2D eigenvalue weighted by Crippen LogP contribution is -2.60. The second kappa shape index (κ2) is 6.33. The number of hydrogen-bond acceptors (Lipinski definition) is 3. The number of piperidine rings is 1. The van der Waals surface area contributed by atoms with Crippen LogP contribution in [0, 0.1) is 5.92 Å². The van der Waals surface area contributed by atoms with Crippen LogP contribution in [-0.4, -0.2) is 60.6 Å². The first-order valence-corrected chi connectivity index (χ1v) is 8.87. The van der Waals surface area contributed by atoms with Crippen molar-refractivity contribution in [2.75, 3.05) is 39.3 Å². The van der Waals surface area contributed by atoms with E-state index in [1.54, 1.807) is 0 Å². The Bertz CT molecular complexity index is 307. The molecule has 1 N–H and O–H groups in total. The Labute approximate surface area is 125 Å². The summed E-state index contributed by atoms with van der Waals surface area (Å²) in [4.78, 5) is 5.56. The molecule has 0 aromatic rings. The summed E-state index contributed by atoms with van der Waals surface area (Å²) in [7, 11) is 0. The highest BCUT2D eigenvalue weighted by molar-refractivity contribution is 4.93. The Morgan fingerprint density at radius 3 is 2.45 bits per heavy atom. The number of fused-ring (bicyclic) bond motifs is 1. The predicted octanol–water partition coefficient (Wildman–Crippen LogP) is 2.32. The van der Waals surface area contributed by atoms with Crippen molar-refractivity contribution in [3.8, 4) is 0 Å². The fraction of sp³-hybridized carbons (Fsp3) is 1.00. The molecular formula is C17H33N3. The summed E-state index contributed by atoms with van der Waals surface area (Å²) >= 11 is 0. The highest BCUT2D eigenvalue weighted by Gasteiger charge is 2.37. The van der Waals surface area contributed by atoms with Crippen molar-refractivity contribution in [1.82, 2.24) is 15.1 Å². The van der Waals surface area contributed by atoms with Gasteiger partial charge in [0, 0.05) is 44.3 Å². The molecule has 0 bridgehead atoms. The van der Waals surface area contributed by atoms with Gasteiger partial charge in [-0.25, -0.2) is 0 Å². The van der Waals surface area contributed by atoms with Crippen LogP contribution in [-0.2, 0) is 0 Å². The highest BCUT2D eigenvalue weighted by Crippen LogP contribution is 2.36. The molecule has 3 heteroatoms. The zero-order chi connectivity index (χ0) is 14.0. The summed E-state index contributed by atoms with van der Waals surface area (Å²) in [6.45, 7) is 12.3. The molecule has 0 aromatic heterocycles. The van der Waals surface area contributed by atoms with Gasteiger partial charge in [-0.15, -0.1) is 0 Å². The zero-order valence-electron chi connectivity index (χ0n) is 13.5. The van der Waals surface area contributed by atoms with E-state index in [4.69, 9.17) is 0 Å². The average molecular weight is 279 g/mol. The fourth-order valence-corrected chi connectivity index (χ4v) is 4.79. The van der Waals surface area contributed by atoms with E-state index in [1.165, 1.54) is 64.7 Å². The maximum Gasteiger partial charge on any atom is 0.0281 e. The molecule has 3 rings (SSSR count). The van der Waals surface area contributed by atoms with Gasteiger partial charge in [0.15, 0.2) is 0 Å². The lowest BCUT2D eigenvalue weighted by Gasteiger charge is -2.50. The third-order valence-electron chi connectivity index (χ3n) is 5.92. The summed E-state index contributed by atoms with van der Waals surface area (Å²) in [5.74, 6) is 1.01. The van der Waals surface area contributed by atoms with E-state index in [1.807, 2.05) is 0 Å². The quantitative estimate of drug-likeness (QED) is 0.855. The molecule has 2 aliphatic heterocycles. The van der Waals surface area contributed by atoms with E-state index in [-0.39, 0.29) is 0 Å². The number of hydrogen-bond donors (Lipinski definition) is 1. The van der Waals surface area contributed by atoms with Crippen molar-refractivity contribution in [2.24, 2.45) is 5.92 Å². The Hall–Kier alpha value is -0.120. The van der Waals surface area contributed by atoms with E-state index in [2.05, 4.69) is 29.0 Å². The minimum absolute atomic E-state index is 0.335. The smallest absolute Gasteiger partial charge is 0.0281 e. The molecule has 3 fully saturated rings. The first-order valence-electron chi connectivity index (χ1n) is 8.87. The summed E-state index contributed by atoms with van der Waals surface area (Å²) in [5.41, 5.74) is 0.335. The van der Waals surface area contributed by atoms with Gasteiger partial charge < -0.3 is 5.32 Å². The van der Waals surface area contributed by atoms with Crippen LogP contribution in [0.5, 0.6) is 0 Å². The first kappa shape index (κ1) is 14.8. The molecule has 0 spiro atoms. The van der Waals surface area contributed by atoms with Crippen LogP contribution in [0.3, 0.4) is 0 Å². The summed E-state index contributed by atoms with van der Waals surface area (Å²) in [5, 5.41) is 3.48. The summed E-state index contributed by atoms with van der Waals surface area (Å²) < 4.78 is 0. The van der Waals surface area contributed by atoms with E-state index < -0.39 is 0 Å². The van der Waals surface area contributed by atoms with Crippen molar-refractivity contribution in [3.05, 3.63) is 0 Å². The fourth-order valence-electron chi connectivity index (χ4n) is 4.79. The first-order chi connectivity index (χ1) is 9.67. The van der Waals surface area contributed by atoms with Crippen molar-refractivity contribution >= 4 is 0 Å². The van der Waals surface area contributed by atoms with Gasteiger partial charge in [0.1, 0.15) is 0 Å². The summed E-state index contributed by atoms with van der Waals surface area (Å²) in [6.07, 6.45) is 8.83. The van der Waals surface area contributed by atoms with E-state index in [0.717, 1.165) is 25.0 Å². The molecule has 20 heavy (non-hydrogen) atoms. The third kappa shape index (κ3) is 3.20. The molecule has 0 radical (unpaired) electrons. The van der Waals surface area contributed by atoms with Crippen LogP contribution in [0.25, 0.3) is 0 Å². The van der Waals surface area contributed by atoms with Crippen LogP contribution in [0.15, 0.2) is 0 Å². The molecule has 0 aromatic carbocycles. The number of nitrogens with one attached hydrogen (secondary N) is 1. The minimum Gasteiger partial charge on any atom is -0.314 e. The molecule has 1 aliphatic carbocycles. The third-order valence-corrected chi connectivity index (χ3v) is 5.92. The lowest BCUT2D eigenvalue weighted by molar-refractivity contribution is 0.00222. The molecule has 3 aliphatic rings. The Morgan fingerprint density at radius 2 is 1.65 bits per heavy atom. The Kier molecular flexibility index (Phi) is 4.68. The molecular weight excluding hydrogens is 246 g/mol. The van der Waals surface area contributed by atoms with Crippen LogP contribution < -0.4 is 5.32 Å². The molecule has 3 nitrogen and oxygen atoms in total. The van der Waals surface area contributed by atoms with E-state index in [9.17, 15) is 0 Å². The number of nitrogens with zero attached hydrogens (tertiary/aromatic N) is 2. The van der Waals surface area contributed by atoms with Crippen LogP contribution in [0.4, 0.5) is 0 Å². The summed E-state index contributed by atoms with van der Waals surface area (Å²) in [6, 6.07) is 0.902. The Morgan fingerprint density at radius 1 is 0.950 bits per heavy atom. The largest absolute Gasteiger partial charge is 0.314 e. The second-order valence-electron chi connectivity index (χ2n) is 7.77. The monoisotopic (exact) mass is 279 g/mol. The van der Waals surface area contributed by atoms with Gasteiger partial charge in [-0.2, -0.15) is 0 Å². The normalized spacial score (nSPS) is 33.9. The van der Waals surface area contributed by atoms with Crippen LogP contribution >= 0.6 is 0 Å². The molecule has 0 unspecified atom stereocenters. The lowest BCUT2D eigenvalue weighted by atomic mass is 9.78. The van der Waals surface area contributed by atoms with Crippen LogP contribution in [0.2, 0.25) is 0 Å². The van der Waals surface area contributed by atoms with Gasteiger partial charge in [0.2, 0.25) is 0 Å². The van der Waals surface area contributed by atoms with Gasteiger partial charge in [0.05, 0.1) is 0 Å². The number of rotatable bonds is 3. The maximum atomic E-state index is 3.48. The van der Waals surface area contributed by atoms with E-state index in [0.29, 0.717) is 5.54 Å². The maximum absolute atomic E-state index is 3.48. The van der Waals surface area contributed by atoms with Gasteiger partial charge >= 0.3 is 0 Å². The van der Waals surface area contributed by atoms with Crippen LogP contribution in [0.1, 0.15) is 52.4 Å². The topological polar surface area (TPSA) is 18.5 Å². The number of piperazine rings is 1. The average Bonchev–Trinajstić information content (AvgIpc) is 2.48. The van der Waals surface area contributed by atoms with Crippen molar-refractivity contribution in [2.45, 2.75) is 64.0 Å². The molecule has 116 valence electrons. The predicted molar refractivity (Wildman–Crippen MR) is 85.1 cm³/mol. The standard InChI is InChI=1S/C17H33N3/c1-17(2,20-12-9-18-10-13-20)14-19-11-5-7-15-6-3-4-8-16(15)19/h15-16,18H,3-14H2,1-2H3/t15-,16-/m1/s1. The highest BCUT2D eigenvalue weighted by atomic mass is 15.3. The number of likely N-dealkylation sites (tertiary alicyclic amines) is 1. The molecule has 0 amide bonds.